The number of nitrogens with zero attached hydrogens (tertiary/aromatic N) is 17. The summed E-state index contributed by atoms with van der Waals surface area (Å²) in [6.07, 6.45) is 38.4. The van der Waals surface area contributed by atoms with Gasteiger partial charge in [-0.3, -0.25) is 68.6 Å². The average Bonchev–Trinajstić information content (AvgIpc) is 0.872. The van der Waals surface area contributed by atoms with E-state index in [1.54, 1.807) is 220 Å². The Balaban J connectivity index is 0.000000160. The van der Waals surface area contributed by atoms with E-state index < -0.39 is 0 Å². The summed E-state index contributed by atoms with van der Waals surface area (Å²) in [5.74, 6) is 5.32. The molecule has 12 heterocycles. The summed E-state index contributed by atoms with van der Waals surface area (Å²) >= 11 is 0. The molecule has 0 aliphatic rings. The summed E-state index contributed by atoms with van der Waals surface area (Å²) in [6, 6.07) is 65.0. The molecule has 12 aromatic heterocycles. The van der Waals surface area contributed by atoms with Crippen molar-refractivity contribution in [2.45, 2.75) is 56.4 Å². The van der Waals surface area contributed by atoms with Crippen molar-refractivity contribution in [2.75, 3.05) is 31.9 Å². The van der Waals surface area contributed by atoms with Crippen LogP contribution < -0.4 is 60.3 Å². The van der Waals surface area contributed by atoms with Crippen LogP contribution in [-0.4, -0.2) is 120 Å². The third-order valence-corrected chi connectivity index (χ3v) is 18.2. The van der Waals surface area contributed by atoms with Crippen LogP contribution in [0.3, 0.4) is 0 Å². The maximum absolute atomic E-state index is 12.2. The number of anilines is 6. The molecule has 0 radical (unpaired) electrons. The second-order valence-electron chi connectivity index (χ2n) is 29.4. The standard InChI is InChI=1S/2C18H15N3O2.3C17H14N4O2.C16H13N5O2.2CH4/c1-13-5-2-6-14(11-13)18(22)21-16-8-3-9-17(20-16)23-15-7-4-10-19-12-15;1-13-4-2-5-14(8-13)18(22)21-15-9-17(12-20-10-15)23-16-6-3-7-19-11-16;1-12-4-2-5-13(8-12)17(22)21-15-10-19-11-16(20-15)23-14-6-3-7-18-9-14;2*1-12-3-2-4-13(5-12)17(22)21-14-6-15(8-18-7-14)23-16-9-19-11-20-10-16;1-11-3-2-4-12(5-11)16(22)21-14-8-17-9-15(20-14)23-13-6-18-10-19-7-13;;/h2-12H,1H3,(H,20,21,22);2-12H,1H3,(H,21,22);2-11H,1H3,(H,20,21,22);2*2-11H,1H3,(H,21,22);2-10H,1H3,(H,20,21,22);2*1H4. The number of hydrogen-bond acceptors (Lipinski definition) is 29. The summed E-state index contributed by atoms with van der Waals surface area (Å²) in [5, 5.41) is 16.6. The number of benzene rings is 6. The van der Waals surface area contributed by atoms with Gasteiger partial charge >= 0.3 is 0 Å². The van der Waals surface area contributed by atoms with Crippen LogP contribution >= 0.6 is 0 Å². The van der Waals surface area contributed by atoms with Gasteiger partial charge in [0.2, 0.25) is 17.6 Å². The summed E-state index contributed by atoms with van der Waals surface area (Å²) in [6.45, 7) is 11.6. The molecule has 35 nitrogen and oxygen atoms in total. The molecular weight excluding hydrogens is 1780 g/mol. The summed E-state index contributed by atoms with van der Waals surface area (Å²) in [5.41, 5.74) is 11.3. The fourth-order valence-electron chi connectivity index (χ4n) is 12.0. The highest BCUT2D eigenvalue weighted by molar-refractivity contribution is 6.07. The molecule has 6 N–H and O–H groups in total. The van der Waals surface area contributed by atoms with Crippen molar-refractivity contribution >= 4 is 70.0 Å². The van der Waals surface area contributed by atoms with Crippen molar-refractivity contribution in [3.63, 3.8) is 0 Å². The van der Waals surface area contributed by atoms with Gasteiger partial charge in [0, 0.05) is 76.2 Å². The van der Waals surface area contributed by atoms with Crippen LogP contribution in [0, 0.1) is 41.5 Å². The largest absolute Gasteiger partial charge is 0.454 e. The zero-order chi connectivity index (χ0) is 96.4. The maximum Gasteiger partial charge on any atom is 0.256 e. The van der Waals surface area contributed by atoms with Crippen LogP contribution in [-0.2, 0) is 0 Å². The van der Waals surface area contributed by atoms with Crippen LogP contribution in [0.5, 0.6) is 69.4 Å². The summed E-state index contributed by atoms with van der Waals surface area (Å²) in [7, 11) is 0. The number of rotatable bonds is 24. The first-order chi connectivity index (χ1) is 67.2. The van der Waals surface area contributed by atoms with E-state index >= 15 is 0 Å². The van der Waals surface area contributed by atoms with Crippen LogP contribution in [0.25, 0.3) is 0 Å². The molecule has 18 rings (SSSR count). The van der Waals surface area contributed by atoms with Crippen molar-refractivity contribution in [2.24, 2.45) is 0 Å². The molecule has 0 fully saturated rings. The molecule has 0 aliphatic carbocycles. The van der Waals surface area contributed by atoms with Gasteiger partial charge in [-0.1, -0.05) is 127 Å². The van der Waals surface area contributed by atoms with E-state index in [4.69, 9.17) is 28.4 Å². The van der Waals surface area contributed by atoms with Gasteiger partial charge in [-0.15, -0.1) is 0 Å². The van der Waals surface area contributed by atoms with Crippen molar-refractivity contribution in [1.82, 2.24) is 84.7 Å². The Hall–Kier alpha value is -19.6. The molecule has 0 aliphatic heterocycles. The SMILES string of the molecule is C.C.Cc1cccc(C(=O)Nc2cccc(Oc3cccnc3)n2)c1.Cc1cccc(C(=O)Nc2cncc(Oc3cccnc3)c2)c1.Cc1cccc(C(=O)Nc2cncc(Oc3cccnc3)n2)c1.Cc1cccc(C(=O)Nc2cncc(Oc3cncnc3)c2)c1.Cc1cccc(C(=O)Nc2cncc(Oc3cncnc3)c2)c1.Cc1cccc(C(=O)Nc2cncc(Oc3cncnc3)n2)c1. The Morgan fingerprint density at radius 1 is 0.200 bits per heavy atom. The number of aromatic nitrogens is 17. The molecule has 0 saturated heterocycles. The van der Waals surface area contributed by atoms with E-state index in [0.717, 1.165) is 33.4 Å². The molecule has 0 atom stereocenters. The second-order valence-corrected chi connectivity index (χ2v) is 29.4. The zero-order valence-corrected chi connectivity index (χ0v) is 74.7. The number of ether oxygens (including phenoxy) is 6. The Morgan fingerprint density at radius 2 is 0.443 bits per heavy atom. The molecule has 6 amide bonds. The quantitative estimate of drug-likeness (QED) is 0.0327. The maximum atomic E-state index is 12.2. The fraction of sp³-hybridized carbons (Fsp3) is 0.0762. The van der Waals surface area contributed by atoms with Gasteiger partial charge in [0.05, 0.1) is 135 Å². The van der Waals surface area contributed by atoms with Gasteiger partial charge in [0.1, 0.15) is 59.3 Å². The predicted molar refractivity (Wildman–Crippen MR) is 529 cm³/mol. The summed E-state index contributed by atoms with van der Waals surface area (Å²) in [4.78, 5) is 141. The molecule has 0 spiro atoms. The van der Waals surface area contributed by atoms with Gasteiger partial charge in [0.25, 0.3) is 35.4 Å². The molecule has 35 heteroatoms. The van der Waals surface area contributed by atoms with Crippen LogP contribution in [0.15, 0.2) is 374 Å². The minimum absolute atomic E-state index is 0. The van der Waals surface area contributed by atoms with Gasteiger partial charge in [-0.05, 0) is 157 Å². The van der Waals surface area contributed by atoms with Crippen molar-refractivity contribution in [1.29, 1.82) is 0 Å². The summed E-state index contributed by atoms with van der Waals surface area (Å²) < 4.78 is 33.4. The lowest BCUT2D eigenvalue weighted by molar-refractivity contribution is 0.101. The molecule has 0 bridgehead atoms. The number of nitrogens with one attached hydrogen (secondary N) is 6. The highest BCUT2D eigenvalue weighted by atomic mass is 16.5. The molecule has 700 valence electrons. The van der Waals surface area contributed by atoms with Gasteiger partial charge in [0.15, 0.2) is 28.9 Å². The predicted octanol–water partition coefficient (Wildman–Crippen LogP) is 21.2. The first kappa shape index (κ1) is 101. The van der Waals surface area contributed by atoms with Gasteiger partial charge in [-0.2, -0.15) is 15.0 Å². The lowest BCUT2D eigenvalue weighted by Crippen LogP contribution is -2.13. The van der Waals surface area contributed by atoms with E-state index in [1.807, 2.05) is 139 Å². The zero-order valence-electron chi connectivity index (χ0n) is 74.7. The van der Waals surface area contributed by atoms with E-state index in [2.05, 4.69) is 117 Å². The molecule has 6 aromatic carbocycles. The first-order valence-corrected chi connectivity index (χ1v) is 42.0. The highest BCUT2D eigenvalue weighted by Crippen LogP contribution is 2.29. The van der Waals surface area contributed by atoms with Gasteiger partial charge < -0.3 is 60.3 Å². The normalized spacial score (nSPS) is 9.99. The lowest BCUT2D eigenvalue weighted by atomic mass is 10.1. The Kier molecular flexibility index (Phi) is 37.9. The smallest absolute Gasteiger partial charge is 0.256 e. The molecule has 0 unspecified atom stereocenters. The van der Waals surface area contributed by atoms with E-state index in [1.165, 1.54) is 56.2 Å². The lowest BCUT2D eigenvalue weighted by Gasteiger charge is -2.08. The molecule has 18 aromatic rings. The van der Waals surface area contributed by atoms with E-state index in [0.29, 0.717) is 126 Å². The number of carbonyl (C=O) groups is 6. The van der Waals surface area contributed by atoms with Crippen molar-refractivity contribution in [3.05, 3.63) is 440 Å². The van der Waals surface area contributed by atoms with Crippen LogP contribution in [0.2, 0.25) is 0 Å². The molecule has 140 heavy (non-hydrogen) atoms. The molecular formula is C105H93N23O12. The number of hydrogen-bond donors (Lipinski definition) is 6. The number of aryl methyl sites for hydroxylation is 6. The minimum atomic E-state index is -0.261. The van der Waals surface area contributed by atoms with Crippen molar-refractivity contribution in [3.8, 4) is 69.4 Å². The Labute approximate surface area is 805 Å². The number of amides is 6. The van der Waals surface area contributed by atoms with Crippen LogP contribution in [0.1, 0.15) is 110 Å². The third-order valence-electron chi connectivity index (χ3n) is 18.2. The van der Waals surface area contributed by atoms with E-state index in [9.17, 15) is 28.8 Å². The van der Waals surface area contributed by atoms with Gasteiger partial charge in [-0.25, -0.2) is 29.9 Å². The topological polar surface area (TPSA) is 449 Å². The number of carbonyl (C=O) groups excluding carboxylic acids is 6. The monoisotopic (exact) mass is 1870 g/mol. The Morgan fingerprint density at radius 3 is 0.750 bits per heavy atom. The van der Waals surface area contributed by atoms with Crippen LogP contribution in [0.4, 0.5) is 34.5 Å². The number of pyridine rings is 7. The van der Waals surface area contributed by atoms with Crippen molar-refractivity contribution < 1.29 is 57.2 Å². The third kappa shape index (κ3) is 33.6. The first-order valence-electron chi connectivity index (χ1n) is 42.0. The fourth-order valence-corrected chi connectivity index (χ4v) is 12.0. The highest BCUT2D eigenvalue weighted by Gasteiger charge is 2.17. The second kappa shape index (κ2) is 52.6. The average molecular weight is 1870 g/mol. The molecule has 0 saturated carbocycles. The Bertz CT molecular complexity index is 6020. The van der Waals surface area contributed by atoms with E-state index in [-0.39, 0.29) is 62.1 Å². The minimum Gasteiger partial charge on any atom is -0.454 e.